The number of benzene rings is 1. The molecule has 1 aromatic carbocycles. The molecule has 2 rings (SSSR count). The van der Waals surface area contributed by atoms with E-state index in [4.69, 9.17) is 0 Å². The van der Waals surface area contributed by atoms with Gasteiger partial charge in [0.1, 0.15) is 0 Å². The highest BCUT2D eigenvalue weighted by molar-refractivity contribution is 5.96. The summed E-state index contributed by atoms with van der Waals surface area (Å²) in [6.45, 7) is 2.73. The Morgan fingerprint density at radius 2 is 2.00 bits per heavy atom. The third-order valence-corrected chi connectivity index (χ3v) is 2.99. The van der Waals surface area contributed by atoms with Crippen molar-refractivity contribution in [2.75, 3.05) is 11.9 Å². The smallest absolute Gasteiger partial charge is 0.162 e. The minimum atomic E-state index is 0.182. The molecule has 0 spiro atoms. The lowest BCUT2D eigenvalue weighted by molar-refractivity contribution is 0.0988. The van der Waals surface area contributed by atoms with Gasteiger partial charge in [0, 0.05) is 36.6 Å². The molecule has 98 valence electrons. The van der Waals surface area contributed by atoms with Crippen LogP contribution in [0.25, 0.3) is 0 Å². The number of nitrogens with zero attached hydrogens (tertiary/aromatic N) is 1. The number of pyridine rings is 1. The van der Waals surface area contributed by atoms with E-state index in [2.05, 4.69) is 16.4 Å². The first kappa shape index (κ1) is 13.3. The van der Waals surface area contributed by atoms with Crippen LogP contribution in [0.15, 0.2) is 48.8 Å². The van der Waals surface area contributed by atoms with Gasteiger partial charge in [0.2, 0.25) is 0 Å². The number of carbonyl (C=O) groups is 1. The maximum atomic E-state index is 11.5. The van der Waals surface area contributed by atoms with E-state index in [0.717, 1.165) is 24.2 Å². The van der Waals surface area contributed by atoms with Crippen LogP contribution in [0.4, 0.5) is 5.69 Å². The molecule has 2 aromatic rings. The van der Waals surface area contributed by atoms with E-state index < -0.39 is 0 Å². The number of hydrogen-bond donors (Lipinski definition) is 1. The number of aromatic nitrogens is 1. The topological polar surface area (TPSA) is 42.0 Å². The van der Waals surface area contributed by atoms with Gasteiger partial charge in [-0.2, -0.15) is 0 Å². The molecule has 3 heteroatoms. The Morgan fingerprint density at radius 3 is 2.63 bits per heavy atom. The van der Waals surface area contributed by atoms with E-state index in [1.807, 2.05) is 43.5 Å². The lowest BCUT2D eigenvalue weighted by Crippen LogP contribution is -2.05. The molecule has 0 saturated carbocycles. The normalized spacial score (nSPS) is 10.2. The van der Waals surface area contributed by atoms with Crippen LogP contribution in [-0.4, -0.2) is 17.3 Å². The highest BCUT2D eigenvalue weighted by atomic mass is 16.1. The second kappa shape index (κ2) is 6.69. The van der Waals surface area contributed by atoms with Crippen molar-refractivity contribution in [3.63, 3.8) is 0 Å². The van der Waals surface area contributed by atoms with Crippen LogP contribution in [0.3, 0.4) is 0 Å². The van der Waals surface area contributed by atoms with E-state index in [-0.39, 0.29) is 5.78 Å². The Morgan fingerprint density at radius 1 is 1.21 bits per heavy atom. The van der Waals surface area contributed by atoms with Crippen LogP contribution in [0, 0.1) is 0 Å². The maximum Gasteiger partial charge on any atom is 0.162 e. The molecule has 0 aliphatic carbocycles. The Bertz CT molecular complexity index is 520. The van der Waals surface area contributed by atoms with Gasteiger partial charge in [-0.3, -0.25) is 9.78 Å². The monoisotopic (exact) mass is 254 g/mol. The van der Waals surface area contributed by atoms with Gasteiger partial charge in [-0.05, 0) is 42.3 Å². The lowest BCUT2D eigenvalue weighted by Gasteiger charge is -2.07. The van der Waals surface area contributed by atoms with Crippen molar-refractivity contribution in [3.8, 4) is 0 Å². The van der Waals surface area contributed by atoms with Gasteiger partial charge in [-0.1, -0.05) is 13.0 Å². The molecule has 0 aliphatic rings. The molecule has 0 amide bonds. The summed E-state index contributed by atoms with van der Waals surface area (Å²) in [4.78, 5) is 15.6. The number of rotatable bonds is 6. The predicted molar refractivity (Wildman–Crippen MR) is 77.5 cm³/mol. The van der Waals surface area contributed by atoms with Crippen molar-refractivity contribution < 1.29 is 4.79 Å². The summed E-state index contributed by atoms with van der Waals surface area (Å²) < 4.78 is 0. The van der Waals surface area contributed by atoms with Gasteiger partial charge in [0.05, 0.1) is 0 Å². The fourth-order valence-electron chi connectivity index (χ4n) is 1.88. The first-order valence-corrected chi connectivity index (χ1v) is 6.55. The van der Waals surface area contributed by atoms with E-state index in [9.17, 15) is 4.79 Å². The fraction of sp³-hybridized carbons (Fsp3) is 0.250. The summed E-state index contributed by atoms with van der Waals surface area (Å²) in [5, 5.41) is 3.34. The van der Waals surface area contributed by atoms with Crippen molar-refractivity contribution in [1.82, 2.24) is 4.98 Å². The van der Waals surface area contributed by atoms with E-state index in [0.29, 0.717) is 6.42 Å². The van der Waals surface area contributed by atoms with Gasteiger partial charge in [-0.25, -0.2) is 0 Å². The maximum absolute atomic E-state index is 11.5. The molecule has 19 heavy (non-hydrogen) atoms. The summed E-state index contributed by atoms with van der Waals surface area (Å²) in [5.74, 6) is 0.182. The number of hydrogen-bond acceptors (Lipinski definition) is 3. The first-order valence-electron chi connectivity index (χ1n) is 6.55. The molecule has 0 atom stereocenters. The van der Waals surface area contributed by atoms with E-state index in [1.165, 1.54) is 5.56 Å². The second-order valence-corrected chi connectivity index (χ2v) is 4.39. The van der Waals surface area contributed by atoms with Gasteiger partial charge < -0.3 is 5.32 Å². The van der Waals surface area contributed by atoms with Crippen molar-refractivity contribution in [2.45, 2.75) is 19.8 Å². The zero-order chi connectivity index (χ0) is 13.5. The molecule has 0 aliphatic heterocycles. The Labute approximate surface area is 113 Å². The fourth-order valence-corrected chi connectivity index (χ4v) is 1.88. The molecular formula is C16H18N2O. The number of Topliss-reactive ketones (excluding diaryl/α,β-unsaturated/α-hetero) is 1. The summed E-state index contributed by atoms with van der Waals surface area (Å²) in [6.07, 6.45) is 5.14. The number of ketones is 1. The van der Waals surface area contributed by atoms with Crippen LogP contribution in [-0.2, 0) is 6.42 Å². The van der Waals surface area contributed by atoms with Crippen molar-refractivity contribution in [3.05, 3.63) is 59.9 Å². The zero-order valence-electron chi connectivity index (χ0n) is 11.1. The SMILES string of the molecule is CCC(=O)c1ccc(NCCc2cccnc2)cc1. The molecule has 1 heterocycles. The predicted octanol–water partition coefficient (Wildman–Crippen LogP) is 3.33. The number of nitrogens with one attached hydrogen (secondary N) is 1. The van der Waals surface area contributed by atoms with Gasteiger partial charge in [-0.15, -0.1) is 0 Å². The van der Waals surface area contributed by atoms with Crippen LogP contribution in [0.1, 0.15) is 29.3 Å². The minimum absolute atomic E-state index is 0.182. The van der Waals surface area contributed by atoms with E-state index in [1.54, 1.807) is 6.20 Å². The molecule has 1 N–H and O–H groups in total. The largest absolute Gasteiger partial charge is 0.385 e. The summed E-state index contributed by atoms with van der Waals surface area (Å²) in [7, 11) is 0. The molecule has 0 saturated heterocycles. The summed E-state index contributed by atoms with van der Waals surface area (Å²) in [5.41, 5.74) is 3.03. The summed E-state index contributed by atoms with van der Waals surface area (Å²) in [6, 6.07) is 11.7. The Balaban J connectivity index is 1.85. The molecule has 0 unspecified atom stereocenters. The average molecular weight is 254 g/mol. The average Bonchev–Trinajstić information content (AvgIpc) is 2.48. The molecule has 0 fully saturated rings. The quantitative estimate of drug-likeness (QED) is 0.804. The first-order chi connectivity index (χ1) is 9.29. The third kappa shape index (κ3) is 3.91. The Kier molecular flexibility index (Phi) is 4.67. The number of anilines is 1. The highest BCUT2D eigenvalue weighted by Crippen LogP contribution is 2.11. The Hall–Kier alpha value is -2.16. The zero-order valence-corrected chi connectivity index (χ0v) is 11.1. The van der Waals surface area contributed by atoms with Crippen LogP contribution in [0.2, 0.25) is 0 Å². The van der Waals surface area contributed by atoms with Crippen molar-refractivity contribution >= 4 is 11.5 Å². The van der Waals surface area contributed by atoms with E-state index >= 15 is 0 Å². The van der Waals surface area contributed by atoms with Gasteiger partial charge in [0.25, 0.3) is 0 Å². The molecule has 3 nitrogen and oxygen atoms in total. The van der Waals surface area contributed by atoms with Crippen LogP contribution >= 0.6 is 0 Å². The molecule has 1 aromatic heterocycles. The lowest BCUT2D eigenvalue weighted by atomic mass is 10.1. The van der Waals surface area contributed by atoms with Crippen LogP contribution < -0.4 is 5.32 Å². The standard InChI is InChI=1S/C16H18N2O/c1-2-16(19)14-5-7-15(8-6-14)18-11-9-13-4-3-10-17-12-13/h3-8,10,12,18H,2,9,11H2,1H3. The highest BCUT2D eigenvalue weighted by Gasteiger charge is 2.02. The van der Waals surface area contributed by atoms with Crippen LogP contribution in [0.5, 0.6) is 0 Å². The minimum Gasteiger partial charge on any atom is -0.385 e. The van der Waals surface area contributed by atoms with Crippen molar-refractivity contribution in [1.29, 1.82) is 0 Å². The molecule has 0 radical (unpaired) electrons. The third-order valence-electron chi connectivity index (χ3n) is 2.99. The molecular weight excluding hydrogens is 236 g/mol. The molecule has 0 bridgehead atoms. The second-order valence-electron chi connectivity index (χ2n) is 4.39. The van der Waals surface area contributed by atoms with Gasteiger partial charge in [0.15, 0.2) is 5.78 Å². The van der Waals surface area contributed by atoms with Crippen molar-refractivity contribution in [2.24, 2.45) is 0 Å². The van der Waals surface area contributed by atoms with Gasteiger partial charge >= 0.3 is 0 Å². The number of carbonyl (C=O) groups excluding carboxylic acids is 1. The summed E-state index contributed by atoms with van der Waals surface area (Å²) >= 11 is 0.